The van der Waals surface area contributed by atoms with Crippen LogP contribution < -0.4 is 10.6 Å². The lowest BCUT2D eigenvalue weighted by Gasteiger charge is -2.33. The zero-order valence-corrected chi connectivity index (χ0v) is 12.4. The molecule has 3 N–H and O–H groups in total. The SMILES string of the molecule is NC(=O)C1CCCN(c2c(C(=O)O)cc([N+](=O)[O-])cc2[N+](=O)[O-])C1. The van der Waals surface area contributed by atoms with Crippen LogP contribution in [0.15, 0.2) is 12.1 Å². The number of carbonyl (C=O) groups excluding carboxylic acids is 1. The maximum atomic E-state index is 11.5. The summed E-state index contributed by atoms with van der Waals surface area (Å²) >= 11 is 0. The van der Waals surface area contributed by atoms with Crippen molar-refractivity contribution in [3.63, 3.8) is 0 Å². The molecule has 0 bridgehead atoms. The molecule has 1 aromatic rings. The van der Waals surface area contributed by atoms with E-state index in [9.17, 15) is 34.9 Å². The second kappa shape index (κ2) is 6.48. The number of piperidine rings is 1. The van der Waals surface area contributed by atoms with Crippen LogP contribution in [0.5, 0.6) is 0 Å². The lowest BCUT2D eigenvalue weighted by atomic mass is 9.96. The number of aromatic carboxylic acids is 1. The Kier molecular flexibility index (Phi) is 4.62. The number of carboxylic acids is 1. The summed E-state index contributed by atoms with van der Waals surface area (Å²) in [6.45, 7) is 0.303. The number of nitrogens with two attached hydrogens (primary N) is 1. The first-order valence-electron chi connectivity index (χ1n) is 6.96. The highest BCUT2D eigenvalue weighted by atomic mass is 16.6. The fraction of sp³-hybridized carbons (Fsp3) is 0.385. The van der Waals surface area contributed by atoms with Crippen molar-refractivity contribution in [2.75, 3.05) is 18.0 Å². The average molecular weight is 338 g/mol. The van der Waals surface area contributed by atoms with Crippen molar-refractivity contribution < 1.29 is 24.5 Å². The number of benzene rings is 1. The van der Waals surface area contributed by atoms with Crippen LogP contribution >= 0.6 is 0 Å². The summed E-state index contributed by atoms with van der Waals surface area (Å²) in [5.74, 6) is -2.69. The van der Waals surface area contributed by atoms with E-state index >= 15 is 0 Å². The van der Waals surface area contributed by atoms with Gasteiger partial charge in [0.2, 0.25) is 5.91 Å². The fourth-order valence-electron chi connectivity index (χ4n) is 2.76. The third kappa shape index (κ3) is 3.24. The van der Waals surface area contributed by atoms with Crippen LogP contribution in [-0.2, 0) is 4.79 Å². The quantitative estimate of drug-likeness (QED) is 0.589. The summed E-state index contributed by atoms with van der Waals surface area (Å²) in [5, 5.41) is 31.5. The average Bonchev–Trinajstić information content (AvgIpc) is 2.53. The van der Waals surface area contributed by atoms with Gasteiger partial charge in [-0.05, 0) is 12.8 Å². The van der Waals surface area contributed by atoms with Crippen molar-refractivity contribution >= 4 is 28.9 Å². The van der Waals surface area contributed by atoms with E-state index in [1.807, 2.05) is 0 Å². The fourth-order valence-corrected chi connectivity index (χ4v) is 2.76. The standard InChI is InChI=1S/C13H14N4O7/c14-12(18)7-2-1-3-15(6-7)11-9(13(19)20)4-8(16(21)22)5-10(11)17(23)24/h4-5,7H,1-3,6H2,(H2,14,18)(H,19,20). The first-order chi connectivity index (χ1) is 11.2. The smallest absolute Gasteiger partial charge is 0.338 e. The normalized spacial score (nSPS) is 17.3. The lowest BCUT2D eigenvalue weighted by molar-refractivity contribution is -0.393. The Morgan fingerprint density at radius 3 is 2.42 bits per heavy atom. The lowest BCUT2D eigenvalue weighted by Crippen LogP contribution is -2.42. The Morgan fingerprint density at radius 1 is 1.25 bits per heavy atom. The van der Waals surface area contributed by atoms with E-state index in [1.54, 1.807) is 0 Å². The zero-order chi connectivity index (χ0) is 18.0. The van der Waals surface area contributed by atoms with Crippen molar-refractivity contribution in [2.45, 2.75) is 12.8 Å². The number of nitro benzene ring substituents is 2. The highest BCUT2D eigenvalue weighted by Crippen LogP contribution is 2.38. The number of rotatable bonds is 5. The Hall–Kier alpha value is -3.24. The second-order valence-electron chi connectivity index (χ2n) is 5.37. The van der Waals surface area contributed by atoms with E-state index in [1.165, 1.54) is 4.90 Å². The molecule has 11 heteroatoms. The summed E-state index contributed by atoms with van der Waals surface area (Å²) in [6, 6.07) is 1.49. The Bertz CT molecular complexity index is 698. The molecule has 1 atom stereocenters. The minimum absolute atomic E-state index is 0.0221. The number of hydrogen-bond acceptors (Lipinski definition) is 7. The van der Waals surface area contributed by atoms with Gasteiger partial charge in [0, 0.05) is 19.2 Å². The summed E-state index contributed by atoms with van der Waals surface area (Å²) in [4.78, 5) is 44.6. The Labute approximate surface area is 135 Å². The number of hydrogen-bond donors (Lipinski definition) is 2. The molecule has 0 saturated carbocycles. The van der Waals surface area contributed by atoms with Gasteiger partial charge in [-0.15, -0.1) is 0 Å². The van der Waals surface area contributed by atoms with Crippen LogP contribution in [0.1, 0.15) is 23.2 Å². The van der Waals surface area contributed by atoms with Crippen LogP contribution in [0.25, 0.3) is 0 Å². The van der Waals surface area contributed by atoms with Crippen LogP contribution in [-0.4, -0.2) is 39.9 Å². The van der Waals surface area contributed by atoms with E-state index in [0.29, 0.717) is 12.8 Å². The molecule has 0 radical (unpaired) electrons. The van der Waals surface area contributed by atoms with Crippen molar-refractivity contribution in [3.05, 3.63) is 37.9 Å². The first kappa shape index (κ1) is 17.1. The molecular weight excluding hydrogens is 324 g/mol. The summed E-state index contributed by atoms with van der Waals surface area (Å²) in [6.07, 6.45) is 0.982. The van der Waals surface area contributed by atoms with Crippen LogP contribution in [0.4, 0.5) is 17.1 Å². The predicted molar refractivity (Wildman–Crippen MR) is 80.8 cm³/mol. The number of amides is 1. The molecule has 2 rings (SSSR count). The van der Waals surface area contributed by atoms with Crippen molar-refractivity contribution in [2.24, 2.45) is 11.7 Å². The number of primary amides is 1. The molecule has 1 saturated heterocycles. The van der Waals surface area contributed by atoms with E-state index in [-0.39, 0.29) is 18.8 Å². The molecule has 128 valence electrons. The number of nitro groups is 2. The Balaban J connectivity index is 2.62. The highest BCUT2D eigenvalue weighted by Gasteiger charge is 2.34. The number of carbonyl (C=O) groups is 2. The molecule has 1 unspecified atom stereocenters. The van der Waals surface area contributed by atoms with E-state index in [2.05, 4.69) is 0 Å². The van der Waals surface area contributed by atoms with Gasteiger partial charge in [-0.3, -0.25) is 25.0 Å². The van der Waals surface area contributed by atoms with Gasteiger partial charge >= 0.3 is 5.97 Å². The molecule has 1 aliphatic heterocycles. The molecule has 0 spiro atoms. The summed E-state index contributed by atoms with van der Waals surface area (Å²) in [7, 11) is 0. The molecule has 0 aliphatic carbocycles. The molecule has 11 nitrogen and oxygen atoms in total. The molecule has 24 heavy (non-hydrogen) atoms. The highest BCUT2D eigenvalue weighted by molar-refractivity contribution is 5.98. The predicted octanol–water partition coefficient (Wildman–Crippen LogP) is 0.903. The van der Waals surface area contributed by atoms with Gasteiger partial charge in [-0.2, -0.15) is 0 Å². The van der Waals surface area contributed by atoms with Crippen molar-refractivity contribution in [3.8, 4) is 0 Å². The number of nitrogens with zero attached hydrogens (tertiary/aromatic N) is 3. The van der Waals surface area contributed by atoms with Gasteiger partial charge in [0.1, 0.15) is 5.69 Å². The Morgan fingerprint density at radius 2 is 1.92 bits per heavy atom. The maximum absolute atomic E-state index is 11.5. The zero-order valence-electron chi connectivity index (χ0n) is 12.4. The van der Waals surface area contributed by atoms with Crippen molar-refractivity contribution in [1.82, 2.24) is 0 Å². The van der Waals surface area contributed by atoms with Gasteiger partial charge in [0.15, 0.2) is 0 Å². The van der Waals surface area contributed by atoms with Gasteiger partial charge < -0.3 is 15.7 Å². The molecule has 0 aromatic heterocycles. The molecule has 1 aliphatic rings. The summed E-state index contributed by atoms with van der Waals surface area (Å²) < 4.78 is 0. The third-order valence-corrected chi connectivity index (χ3v) is 3.85. The van der Waals surface area contributed by atoms with Crippen LogP contribution in [0, 0.1) is 26.1 Å². The monoisotopic (exact) mass is 338 g/mol. The van der Waals surface area contributed by atoms with Gasteiger partial charge in [-0.1, -0.05) is 0 Å². The first-order valence-corrected chi connectivity index (χ1v) is 6.96. The molecular formula is C13H14N4O7. The molecule has 1 heterocycles. The van der Waals surface area contributed by atoms with E-state index < -0.39 is 44.6 Å². The molecule has 1 aromatic carbocycles. The van der Waals surface area contributed by atoms with E-state index in [0.717, 1.165) is 12.1 Å². The second-order valence-corrected chi connectivity index (χ2v) is 5.37. The van der Waals surface area contributed by atoms with E-state index in [4.69, 9.17) is 5.73 Å². The number of non-ortho nitro benzene ring substituents is 1. The molecule has 1 fully saturated rings. The largest absolute Gasteiger partial charge is 0.478 e. The third-order valence-electron chi connectivity index (χ3n) is 3.85. The molecule has 1 amide bonds. The van der Waals surface area contributed by atoms with Gasteiger partial charge in [-0.25, -0.2) is 4.79 Å². The number of carboxylic acid groups (broad SMARTS) is 1. The van der Waals surface area contributed by atoms with Crippen LogP contribution in [0.3, 0.4) is 0 Å². The minimum Gasteiger partial charge on any atom is -0.478 e. The van der Waals surface area contributed by atoms with Crippen molar-refractivity contribution in [1.29, 1.82) is 0 Å². The van der Waals surface area contributed by atoms with Gasteiger partial charge in [0.25, 0.3) is 11.4 Å². The maximum Gasteiger partial charge on any atom is 0.338 e. The number of anilines is 1. The topological polar surface area (TPSA) is 170 Å². The minimum atomic E-state index is -1.53. The summed E-state index contributed by atoms with van der Waals surface area (Å²) in [5.41, 5.74) is 3.08. The van der Waals surface area contributed by atoms with Crippen LogP contribution in [0.2, 0.25) is 0 Å². The van der Waals surface area contributed by atoms with Gasteiger partial charge in [0.05, 0.1) is 27.4 Å².